The maximum absolute atomic E-state index is 13.1. The van der Waals surface area contributed by atoms with E-state index in [1.54, 1.807) is 18.3 Å². The van der Waals surface area contributed by atoms with Crippen LogP contribution < -0.4 is 15.5 Å². The molecule has 3 rings (SSSR count). The number of hydrogen-bond donors (Lipinski definition) is 2. The van der Waals surface area contributed by atoms with Gasteiger partial charge < -0.3 is 20.3 Å². The van der Waals surface area contributed by atoms with Crippen molar-refractivity contribution in [3.8, 4) is 0 Å². The molecule has 1 unspecified atom stereocenters. The average Bonchev–Trinajstić information content (AvgIpc) is 2.72. The first-order valence-electron chi connectivity index (χ1n) is 10.1. The van der Waals surface area contributed by atoms with Crippen molar-refractivity contribution in [1.82, 2.24) is 10.3 Å². The van der Waals surface area contributed by atoms with Crippen LogP contribution in [0.5, 0.6) is 0 Å². The lowest BCUT2D eigenvalue weighted by Gasteiger charge is -2.32. The maximum atomic E-state index is 13.1. The molecule has 2 heterocycles. The molecule has 2 aromatic rings. The van der Waals surface area contributed by atoms with E-state index < -0.39 is 29.2 Å². The number of carbonyl (C=O) groups is 1. The Morgan fingerprint density at radius 2 is 1.84 bits per heavy atom. The summed E-state index contributed by atoms with van der Waals surface area (Å²) in [6.45, 7) is 8.38. The van der Waals surface area contributed by atoms with E-state index >= 15 is 0 Å². The van der Waals surface area contributed by atoms with E-state index in [1.807, 2.05) is 26.8 Å². The van der Waals surface area contributed by atoms with Gasteiger partial charge in [0.15, 0.2) is 0 Å². The number of morpholine rings is 1. The monoisotopic (exact) mass is 436 g/mol. The van der Waals surface area contributed by atoms with Crippen molar-refractivity contribution in [2.24, 2.45) is 5.41 Å². The molecule has 1 aromatic carbocycles. The van der Waals surface area contributed by atoms with Gasteiger partial charge in [0.2, 0.25) is 0 Å². The van der Waals surface area contributed by atoms with E-state index in [4.69, 9.17) is 4.74 Å². The predicted octanol–water partition coefficient (Wildman–Crippen LogP) is 4.85. The largest absolute Gasteiger partial charge is 0.416 e. The van der Waals surface area contributed by atoms with Crippen LogP contribution in [0.25, 0.3) is 0 Å². The Bertz CT molecular complexity index is 889. The second-order valence-electron chi connectivity index (χ2n) is 8.53. The van der Waals surface area contributed by atoms with Crippen molar-refractivity contribution in [2.45, 2.75) is 33.0 Å². The zero-order chi connectivity index (χ0) is 22.6. The number of benzene rings is 1. The van der Waals surface area contributed by atoms with Gasteiger partial charge in [-0.1, -0.05) is 32.9 Å². The molecule has 1 saturated heterocycles. The molecule has 2 N–H and O–H groups in total. The highest BCUT2D eigenvalue weighted by atomic mass is 19.4. The normalized spacial score (nSPS) is 16.0. The Kier molecular flexibility index (Phi) is 6.74. The van der Waals surface area contributed by atoms with Gasteiger partial charge in [0.1, 0.15) is 5.82 Å². The van der Waals surface area contributed by atoms with Gasteiger partial charge >= 0.3 is 12.2 Å². The molecule has 1 fully saturated rings. The Morgan fingerprint density at radius 3 is 2.42 bits per heavy atom. The molecule has 6 nitrogen and oxygen atoms in total. The van der Waals surface area contributed by atoms with E-state index in [1.165, 1.54) is 6.07 Å². The molecule has 1 aromatic heterocycles. The summed E-state index contributed by atoms with van der Waals surface area (Å²) in [5.74, 6) is 0.797. The van der Waals surface area contributed by atoms with Crippen LogP contribution in [0.2, 0.25) is 0 Å². The number of urea groups is 1. The smallest absolute Gasteiger partial charge is 0.378 e. The number of anilines is 2. The van der Waals surface area contributed by atoms with E-state index in [0.717, 1.165) is 31.0 Å². The maximum Gasteiger partial charge on any atom is 0.416 e. The van der Waals surface area contributed by atoms with Gasteiger partial charge in [-0.3, -0.25) is 0 Å². The van der Waals surface area contributed by atoms with Crippen molar-refractivity contribution in [2.75, 3.05) is 36.5 Å². The number of carbonyl (C=O) groups excluding carboxylic acids is 1. The summed E-state index contributed by atoms with van der Waals surface area (Å²) in [4.78, 5) is 19.1. The first-order valence-corrected chi connectivity index (χ1v) is 10.1. The highest BCUT2D eigenvalue weighted by Gasteiger charge is 2.33. The average molecular weight is 436 g/mol. The lowest BCUT2D eigenvalue weighted by molar-refractivity contribution is -0.137. The van der Waals surface area contributed by atoms with Crippen LogP contribution in [0.15, 0.2) is 42.6 Å². The van der Waals surface area contributed by atoms with Crippen LogP contribution in [-0.2, 0) is 10.9 Å². The van der Waals surface area contributed by atoms with Crippen LogP contribution in [0.1, 0.15) is 37.9 Å². The topological polar surface area (TPSA) is 66.5 Å². The van der Waals surface area contributed by atoms with Gasteiger partial charge in [0.05, 0.1) is 36.7 Å². The molecule has 0 saturated carbocycles. The number of hydrogen-bond acceptors (Lipinski definition) is 4. The summed E-state index contributed by atoms with van der Waals surface area (Å²) in [5.41, 5.74) is -0.381. The van der Waals surface area contributed by atoms with Gasteiger partial charge in [-0.25, -0.2) is 9.78 Å². The van der Waals surface area contributed by atoms with E-state index in [-0.39, 0.29) is 0 Å². The Hall–Kier alpha value is -2.81. The quantitative estimate of drug-likeness (QED) is 0.719. The third-order valence-corrected chi connectivity index (χ3v) is 5.03. The molecular formula is C22H27F3N4O2. The minimum Gasteiger partial charge on any atom is -0.378 e. The number of ether oxygens (including phenoxy) is 1. The summed E-state index contributed by atoms with van der Waals surface area (Å²) in [5, 5.41) is 5.52. The summed E-state index contributed by atoms with van der Waals surface area (Å²) in [6.07, 6.45) is -2.89. The van der Waals surface area contributed by atoms with Gasteiger partial charge in [0.25, 0.3) is 0 Å². The Balaban J connectivity index is 1.70. The third kappa shape index (κ3) is 6.10. The number of nitrogens with zero attached hydrogens (tertiary/aromatic N) is 2. The number of aromatic nitrogens is 1. The van der Waals surface area contributed by atoms with Crippen LogP contribution in [0.3, 0.4) is 0 Å². The van der Waals surface area contributed by atoms with Crippen molar-refractivity contribution in [3.63, 3.8) is 0 Å². The zero-order valence-corrected chi connectivity index (χ0v) is 17.8. The van der Waals surface area contributed by atoms with Crippen molar-refractivity contribution in [1.29, 1.82) is 0 Å². The van der Waals surface area contributed by atoms with Crippen LogP contribution in [0, 0.1) is 5.41 Å². The Labute approximate surface area is 179 Å². The van der Waals surface area contributed by atoms with Crippen LogP contribution in [-0.4, -0.2) is 37.3 Å². The molecular weight excluding hydrogens is 409 g/mol. The van der Waals surface area contributed by atoms with Crippen LogP contribution >= 0.6 is 0 Å². The lowest BCUT2D eigenvalue weighted by atomic mass is 9.82. The molecule has 0 bridgehead atoms. The minimum absolute atomic E-state index is 0.387. The molecule has 1 aliphatic heterocycles. The summed E-state index contributed by atoms with van der Waals surface area (Å²) in [6, 6.07) is 7.45. The molecule has 9 heteroatoms. The summed E-state index contributed by atoms with van der Waals surface area (Å²) in [7, 11) is 0. The lowest BCUT2D eigenvalue weighted by Crippen LogP contribution is -2.39. The number of rotatable bonds is 4. The second kappa shape index (κ2) is 9.13. The highest BCUT2D eigenvalue weighted by molar-refractivity contribution is 5.89. The first-order chi connectivity index (χ1) is 14.5. The fraction of sp³-hybridized carbons (Fsp3) is 0.455. The van der Waals surface area contributed by atoms with E-state index in [0.29, 0.717) is 24.5 Å². The first kappa shape index (κ1) is 22.9. The fourth-order valence-electron chi connectivity index (χ4n) is 3.43. The fourth-order valence-corrected chi connectivity index (χ4v) is 3.43. The third-order valence-electron chi connectivity index (χ3n) is 5.03. The van der Waals surface area contributed by atoms with Gasteiger partial charge in [0, 0.05) is 13.1 Å². The van der Waals surface area contributed by atoms with E-state index in [2.05, 4.69) is 20.5 Å². The van der Waals surface area contributed by atoms with Crippen molar-refractivity contribution >= 4 is 17.5 Å². The highest BCUT2D eigenvalue weighted by Crippen LogP contribution is 2.36. The molecule has 0 aliphatic carbocycles. The van der Waals surface area contributed by atoms with Gasteiger partial charge in [-0.2, -0.15) is 13.2 Å². The number of amides is 2. The number of halogens is 3. The SMILES string of the molecule is CC(C)(C)C(NC(=O)Nc1ccc(N2CCOCC2)nc1)c1cccc(C(F)(F)F)c1. The number of alkyl halides is 3. The predicted molar refractivity (Wildman–Crippen MR) is 113 cm³/mol. The summed E-state index contributed by atoms with van der Waals surface area (Å²) < 4.78 is 44.7. The zero-order valence-electron chi connectivity index (χ0n) is 17.8. The standard InChI is InChI=1S/C22H27F3N4O2/c1-21(2,3)19(15-5-4-6-16(13-15)22(23,24)25)28-20(30)27-17-7-8-18(26-14-17)29-9-11-31-12-10-29/h4-8,13-14,19H,9-12H2,1-3H3,(H2,27,28,30). The summed E-state index contributed by atoms with van der Waals surface area (Å²) >= 11 is 0. The number of nitrogens with one attached hydrogen (secondary N) is 2. The number of pyridine rings is 1. The molecule has 2 amide bonds. The molecule has 0 spiro atoms. The molecule has 0 radical (unpaired) electrons. The molecule has 1 aliphatic rings. The molecule has 31 heavy (non-hydrogen) atoms. The van der Waals surface area contributed by atoms with Gasteiger partial charge in [-0.05, 0) is 35.2 Å². The van der Waals surface area contributed by atoms with Crippen molar-refractivity contribution < 1.29 is 22.7 Å². The Morgan fingerprint density at radius 1 is 1.13 bits per heavy atom. The van der Waals surface area contributed by atoms with Gasteiger partial charge in [-0.15, -0.1) is 0 Å². The molecule has 168 valence electrons. The minimum atomic E-state index is -4.45. The molecule has 1 atom stereocenters. The van der Waals surface area contributed by atoms with Crippen molar-refractivity contribution in [3.05, 3.63) is 53.7 Å². The second-order valence-corrected chi connectivity index (χ2v) is 8.53. The van der Waals surface area contributed by atoms with E-state index in [9.17, 15) is 18.0 Å². The van der Waals surface area contributed by atoms with Crippen LogP contribution in [0.4, 0.5) is 29.5 Å².